The fraction of sp³-hybridized carbons (Fsp3) is 0.200. The summed E-state index contributed by atoms with van der Waals surface area (Å²) in [6.45, 7) is 0.336. The van der Waals surface area contributed by atoms with Crippen molar-refractivity contribution in [3.63, 3.8) is 0 Å². The molecule has 26 heavy (non-hydrogen) atoms. The van der Waals surface area contributed by atoms with Crippen molar-refractivity contribution in [2.24, 2.45) is 0 Å². The Morgan fingerprint density at radius 3 is 2.62 bits per heavy atom. The zero-order valence-corrected chi connectivity index (χ0v) is 14.9. The maximum absolute atomic E-state index is 12.8. The van der Waals surface area contributed by atoms with Crippen molar-refractivity contribution in [2.75, 3.05) is 11.9 Å². The summed E-state index contributed by atoms with van der Waals surface area (Å²) in [7, 11) is 0. The van der Waals surface area contributed by atoms with Crippen LogP contribution in [0.15, 0.2) is 66.2 Å². The number of hydrogen-bond donors (Lipinski definition) is 2. The Morgan fingerprint density at radius 1 is 1.15 bits per heavy atom. The maximum Gasteiger partial charge on any atom is 0.322 e. The van der Waals surface area contributed by atoms with Crippen molar-refractivity contribution in [3.8, 4) is 10.6 Å². The zero-order chi connectivity index (χ0) is 17.9. The number of nitrogens with zero attached hydrogens (tertiary/aromatic N) is 2. The van der Waals surface area contributed by atoms with E-state index >= 15 is 0 Å². The monoisotopic (exact) mass is 365 g/mol. The number of likely N-dealkylation sites (tertiary alicyclic amines) is 1. The molecule has 0 bridgehead atoms. The van der Waals surface area contributed by atoms with Gasteiger partial charge in [-0.25, -0.2) is 9.78 Å². The molecule has 2 heterocycles. The van der Waals surface area contributed by atoms with Crippen LogP contribution in [-0.4, -0.2) is 33.7 Å². The van der Waals surface area contributed by atoms with Crippen LogP contribution in [0.5, 0.6) is 0 Å². The van der Waals surface area contributed by atoms with Gasteiger partial charge in [-0.2, -0.15) is 0 Å². The number of urea groups is 1. The third kappa shape index (κ3) is 3.47. The number of β-amino-alcohol motifs (C(OH)–C–C–N with tert-alkyl or cyclic N) is 1. The van der Waals surface area contributed by atoms with Gasteiger partial charge in [-0.05, 0) is 36.2 Å². The summed E-state index contributed by atoms with van der Waals surface area (Å²) < 4.78 is 0. The van der Waals surface area contributed by atoms with E-state index < -0.39 is 6.10 Å². The molecule has 6 heteroatoms. The second-order valence-corrected chi connectivity index (χ2v) is 7.21. The van der Waals surface area contributed by atoms with Gasteiger partial charge in [0.2, 0.25) is 0 Å². The first-order valence-electron chi connectivity index (χ1n) is 8.51. The topological polar surface area (TPSA) is 65.5 Å². The van der Waals surface area contributed by atoms with Crippen molar-refractivity contribution in [3.05, 3.63) is 71.7 Å². The van der Waals surface area contributed by atoms with Gasteiger partial charge in [0.05, 0.1) is 12.1 Å². The normalized spacial score (nSPS) is 19.5. The predicted molar refractivity (Wildman–Crippen MR) is 103 cm³/mol. The van der Waals surface area contributed by atoms with E-state index in [0.29, 0.717) is 13.0 Å². The van der Waals surface area contributed by atoms with Crippen LogP contribution in [-0.2, 0) is 0 Å². The van der Waals surface area contributed by atoms with Gasteiger partial charge in [-0.1, -0.05) is 30.3 Å². The second kappa shape index (κ2) is 7.27. The Morgan fingerprint density at radius 2 is 1.92 bits per heavy atom. The molecule has 5 nitrogen and oxygen atoms in total. The minimum atomic E-state index is -0.502. The van der Waals surface area contributed by atoms with Gasteiger partial charge in [0.25, 0.3) is 0 Å². The van der Waals surface area contributed by atoms with Gasteiger partial charge < -0.3 is 15.3 Å². The van der Waals surface area contributed by atoms with Gasteiger partial charge in [0, 0.05) is 29.4 Å². The second-order valence-electron chi connectivity index (χ2n) is 6.31. The molecule has 2 amide bonds. The van der Waals surface area contributed by atoms with Crippen LogP contribution in [0.25, 0.3) is 10.6 Å². The minimum Gasteiger partial charge on any atom is -0.391 e. The first kappa shape index (κ1) is 16.8. The average Bonchev–Trinajstić information content (AvgIpc) is 3.33. The molecule has 2 aromatic carbocycles. The van der Waals surface area contributed by atoms with Crippen molar-refractivity contribution < 1.29 is 9.90 Å². The molecule has 132 valence electrons. The van der Waals surface area contributed by atoms with Crippen LogP contribution in [0, 0.1) is 0 Å². The fourth-order valence-corrected chi connectivity index (χ4v) is 3.93. The van der Waals surface area contributed by atoms with Crippen molar-refractivity contribution >= 4 is 23.1 Å². The lowest BCUT2D eigenvalue weighted by atomic mass is 10.0. The van der Waals surface area contributed by atoms with E-state index in [1.165, 1.54) is 0 Å². The summed E-state index contributed by atoms with van der Waals surface area (Å²) in [5, 5.41) is 15.9. The lowest BCUT2D eigenvalue weighted by molar-refractivity contribution is 0.176. The molecule has 0 radical (unpaired) electrons. The van der Waals surface area contributed by atoms with E-state index in [4.69, 9.17) is 0 Å². The van der Waals surface area contributed by atoms with Gasteiger partial charge in [-0.3, -0.25) is 0 Å². The van der Waals surface area contributed by atoms with Gasteiger partial charge in [0.1, 0.15) is 5.01 Å². The van der Waals surface area contributed by atoms with Crippen LogP contribution < -0.4 is 5.32 Å². The van der Waals surface area contributed by atoms with Crippen LogP contribution in [0.3, 0.4) is 0 Å². The molecular formula is C20H19N3O2S. The van der Waals surface area contributed by atoms with Crippen molar-refractivity contribution in [1.82, 2.24) is 9.88 Å². The third-order valence-electron chi connectivity index (χ3n) is 4.54. The number of nitrogens with one attached hydrogen (secondary N) is 1. The maximum atomic E-state index is 12.8. The smallest absolute Gasteiger partial charge is 0.322 e. The number of carbonyl (C=O) groups excluding carboxylic acids is 1. The Bertz CT molecular complexity index is 866. The van der Waals surface area contributed by atoms with E-state index in [1.54, 1.807) is 22.4 Å². The van der Waals surface area contributed by atoms with Crippen LogP contribution in [0.1, 0.15) is 18.0 Å². The van der Waals surface area contributed by atoms with E-state index in [-0.39, 0.29) is 12.1 Å². The Kier molecular flexibility index (Phi) is 4.69. The molecule has 4 rings (SSSR count). The SMILES string of the molecule is O=C(Nc1ccc(-c2nccs2)cc1)N1CC(O)CC1c1ccccc1. The Labute approximate surface area is 155 Å². The molecule has 1 aromatic heterocycles. The molecule has 2 N–H and O–H groups in total. The van der Waals surface area contributed by atoms with E-state index in [1.807, 2.05) is 60.0 Å². The molecule has 2 unspecified atom stereocenters. The quantitative estimate of drug-likeness (QED) is 0.733. The summed E-state index contributed by atoms with van der Waals surface area (Å²) in [6.07, 6.45) is 1.83. The fourth-order valence-electron chi connectivity index (χ4n) is 3.29. The number of anilines is 1. The highest BCUT2D eigenvalue weighted by molar-refractivity contribution is 7.13. The van der Waals surface area contributed by atoms with Crippen molar-refractivity contribution in [1.29, 1.82) is 0 Å². The number of hydrogen-bond acceptors (Lipinski definition) is 4. The highest BCUT2D eigenvalue weighted by Crippen LogP contribution is 2.32. The average molecular weight is 365 g/mol. The standard InChI is InChI=1S/C20H19N3O2S/c24-17-12-18(14-4-2-1-3-5-14)23(13-17)20(25)22-16-8-6-15(7-9-16)19-21-10-11-26-19/h1-11,17-18,24H,12-13H2,(H,22,25). The highest BCUT2D eigenvalue weighted by atomic mass is 32.1. The van der Waals surface area contributed by atoms with Gasteiger partial charge >= 0.3 is 6.03 Å². The largest absolute Gasteiger partial charge is 0.391 e. The molecular weight excluding hydrogens is 346 g/mol. The number of rotatable bonds is 3. The predicted octanol–water partition coefficient (Wildman–Crippen LogP) is 4.15. The summed E-state index contributed by atoms with van der Waals surface area (Å²) in [5.74, 6) is 0. The van der Waals surface area contributed by atoms with Crippen LogP contribution in [0.2, 0.25) is 0 Å². The zero-order valence-electron chi connectivity index (χ0n) is 14.1. The van der Waals surface area contributed by atoms with Crippen LogP contribution in [0.4, 0.5) is 10.5 Å². The summed E-state index contributed by atoms with van der Waals surface area (Å²) >= 11 is 1.58. The lowest BCUT2D eigenvalue weighted by Gasteiger charge is -2.25. The minimum absolute atomic E-state index is 0.110. The van der Waals surface area contributed by atoms with Crippen molar-refractivity contribution in [2.45, 2.75) is 18.6 Å². The van der Waals surface area contributed by atoms with Gasteiger partial charge in [0.15, 0.2) is 0 Å². The number of thiazole rings is 1. The Hall–Kier alpha value is -2.70. The molecule has 2 atom stereocenters. The lowest BCUT2D eigenvalue weighted by Crippen LogP contribution is -2.35. The summed E-state index contributed by atoms with van der Waals surface area (Å²) in [5.41, 5.74) is 2.79. The molecule has 1 fully saturated rings. The first-order chi connectivity index (χ1) is 12.7. The number of aliphatic hydroxyl groups excluding tert-OH is 1. The third-order valence-corrected chi connectivity index (χ3v) is 5.36. The molecule has 1 aliphatic rings. The molecule has 1 saturated heterocycles. The molecule has 0 aliphatic carbocycles. The number of aliphatic hydroxyl groups is 1. The van der Waals surface area contributed by atoms with E-state index in [0.717, 1.165) is 21.8 Å². The number of benzene rings is 2. The van der Waals surface area contributed by atoms with E-state index in [2.05, 4.69) is 10.3 Å². The molecule has 0 spiro atoms. The molecule has 3 aromatic rings. The number of aromatic nitrogens is 1. The molecule has 1 aliphatic heterocycles. The van der Waals surface area contributed by atoms with E-state index in [9.17, 15) is 9.90 Å². The highest BCUT2D eigenvalue weighted by Gasteiger charge is 2.35. The Balaban J connectivity index is 1.48. The van der Waals surface area contributed by atoms with Gasteiger partial charge in [-0.15, -0.1) is 11.3 Å². The molecule has 0 saturated carbocycles. The summed E-state index contributed by atoms with van der Waals surface area (Å²) in [4.78, 5) is 18.7. The van der Waals surface area contributed by atoms with Crippen LogP contribution >= 0.6 is 11.3 Å². The number of carbonyl (C=O) groups is 1. The first-order valence-corrected chi connectivity index (χ1v) is 9.39. The summed E-state index contributed by atoms with van der Waals surface area (Å²) in [6, 6.07) is 17.2. The number of amides is 2.